The van der Waals surface area contributed by atoms with Crippen molar-refractivity contribution in [1.82, 2.24) is 34.5 Å². The lowest BCUT2D eigenvalue weighted by Crippen LogP contribution is -2.56. The van der Waals surface area contributed by atoms with Gasteiger partial charge in [0.05, 0.1) is 40.4 Å². The largest absolute Gasteiger partial charge is 0.386 e. The predicted octanol–water partition coefficient (Wildman–Crippen LogP) is 5.88. The molecule has 2 saturated heterocycles. The van der Waals surface area contributed by atoms with Crippen molar-refractivity contribution in [2.75, 3.05) is 31.5 Å². The second-order valence-electron chi connectivity index (χ2n) is 17.2. The summed E-state index contributed by atoms with van der Waals surface area (Å²) in [5, 5.41) is 35.6. The highest BCUT2D eigenvalue weighted by Gasteiger charge is 2.39. The van der Waals surface area contributed by atoms with Crippen LogP contribution in [0.2, 0.25) is 0 Å². The van der Waals surface area contributed by atoms with Crippen LogP contribution < -0.4 is 10.6 Å². The van der Waals surface area contributed by atoms with Crippen LogP contribution in [0.4, 0.5) is 14.5 Å². The molecule has 0 radical (unpaired) electrons. The fourth-order valence-electron chi connectivity index (χ4n) is 9.76. The third kappa shape index (κ3) is 7.49. The molecule has 13 nitrogen and oxygen atoms in total. The number of rotatable bonds is 8. The van der Waals surface area contributed by atoms with Gasteiger partial charge in [0.15, 0.2) is 0 Å². The van der Waals surface area contributed by atoms with Gasteiger partial charge >= 0.3 is 0 Å². The van der Waals surface area contributed by atoms with Crippen molar-refractivity contribution in [1.29, 1.82) is 5.26 Å². The summed E-state index contributed by atoms with van der Waals surface area (Å²) >= 11 is 0. The zero-order valence-corrected chi connectivity index (χ0v) is 33.1. The predicted molar refractivity (Wildman–Crippen MR) is 215 cm³/mol. The monoisotopic (exact) mass is 803 g/mol. The van der Waals surface area contributed by atoms with Crippen molar-refractivity contribution in [2.24, 2.45) is 0 Å². The van der Waals surface area contributed by atoms with Crippen LogP contribution in [-0.4, -0.2) is 90.3 Å². The van der Waals surface area contributed by atoms with E-state index in [-0.39, 0.29) is 36.3 Å². The molecule has 2 saturated carbocycles. The van der Waals surface area contributed by atoms with Crippen LogP contribution in [0.15, 0.2) is 54.9 Å². The first-order chi connectivity index (χ1) is 28.3. The van der Waals surface area contributed by atoms with Crippen LogP contribution in [0.5, 0.6) is 0 Å². The minimum absolute atomic E-state index is 0.0675. The molecule has 4 fully saturated rings. The van der Waals surface area contributed by atoms with E-state index in [2.05, 4.69) is 31.6 Å². The number of halogens is 2. The Balaban J connectivity index is 0.787. The molecular weight excluding hydrogens is 757 g/mol. The molecule has 2 aromatic carbocycles. The molecule has 4 aliphatic rings. The van der Waals surface area contributed by atoms with E-state index in [1.165, 1.54) is 22.8 Å². The maximum atomic E-state index is 15.2. The van der Waals surface area contributed by atoms with Gasteiger partial charge in [-0.15, -0.1) is 0 Å². The molecule has 0 spiro atoms. The molecule has 1 unspecified atom stereocenters. The second-order valence-corrected chi connectivity index (χ2v) is 17.2. The highest BCUT2D eigenvalue weighted by Crippen LogP contribution is 2.43. The van der Waals surface area contributed by atoms with Crippen LogP contribution in [0, 0.1) is 23.0 Å². The zero-order valence-electron chi connectivity index (χ0n) is 33.1. The van der Waals surface area contributed by atoms with E-state index in [0.29, 0.717) is 45.7 Å². The maximum Gasteiger partial charge on any atom is 0.274 e. The van der Waals surface area contributed by atoms with Gasteiger partial charge in [0.1, 0.15) is 23.4 Å². The number of imide groups is 1. The molecule has 306 valence electrons. The number of amides is 3. The van der Waals surface area contributed by atoms with E-state index in [1.807, 2.05) is 23.0 Å². The molecule has 5 aromatic rings. The minimum atomic E-state index is -1.25. The lowest BCUT2D eigenvalue weighted by atomic mass is 9.74. The van der Waals surface area contributed by atoms with Crippen molar-refractivity contribution in [3.63, 3.8) is 0 Å². The molecule has 1 atom stereocenters. The molecule has 9 rings (SSSR count). The number of hydrogen-bond acceptors (Lipinski definition) is 9. The topological polar surface area (TPSA) is 161 Å². The van der Waals surface area contributed by atoms with Gasteiger partial charge in [-0.2, -0.15) is 15.5 Å². The summed E-state index contributed by atoms with van der Waals surface area (Å²) in [4.78, 5) is 42.4. The van der Waals surface area contributed by atoms with Crippen LogP contribution in [-0.2, 0) is 15.2 Å². The molecule has 3 amide bonds. The smallest absolute Gasteiger partial charge is 0.274 e. The fraction of sp³-hybridized carbons (Fsp3) is 0.455. The third-order valence-corrected chi connectivity index (χ3v) is 13.1. The van der Waals surface area contributed by atoms with Crippen LogP contribution in [0.1, 0.15) is 116 Å². The number of nitrogens with one attached hydrogen (secondary N) is 2. The molecular formula is C44H47F2N9O4. The molecule has 2 aliphatic heterocycles. The number of anilines is 1. The Bertz CT molecular complexity index is 2490. The van der Waals surface area contributed by atoms with Gasteiger partial charge in [-0.05, 0) is 113 Å². The normalized spacial score (nSPS) is 24.5. The quantitative estimate of drug-likeness (QED) is 0.163. The number of fused-ring (bicyclic) bond motifs is 2. The van der Waals surface area contributed by atoms with E-state index >= 15 is 8.78 Å². The number of carbonyl (C=O) groups excluding carboxylic acids is 3. The van der Waals surface area contributed by atoms with Crippen LogP contribution in [0.3, 0.4) is 0 Å². The molecule has 3 N–H and O–H groups in total. The summed E-state index contributed by atoms with van der Waals surface area (Å²) in [6.07, 6.45) is 9.41. The van der Waals surface area contributed by atoms with Crippen molar-refractivity contribution in [3.05, 3.63) is 94.4 Å². The van der Waals surface area contributed by atoms with Gasteiger partial charge in [-0.25, -0.2) is 13.3 Å². The van der Waals surface area contributed by atoms with E-state index in [4.69, 9.17) is 5.10 Å². The maximum absolute atomic E-state index is 15.2. The van der Waals surface area contributed by atoms with Gasteiger partial charge in [0, 0.05) is 73.1 Å². The number of aliphatic hydroxyl groups is 1. The third-order valence-electron chi connectivity index (χ3n) is 13.1. The lowest BCUT2D eigenvalue weighted by Gasteiger charge is -2.48. The molecule has 0 bridgehead atoms. The SMILES string of the molecule is CC(C)(O)c1cc2nn(C3CCC(N4CCN(C5CC(c6cc(F)c(C7CCC(=O)NC7=O)c(F)c6)C5)CC4)CC3)cc2cc1NC(=O)c1ccc2cc(C#N)cnn12. The first-order valence-corrected chi connectivity index (χ1v) is 20.6. The Kier molecular flexibility index (Phi) is 10.1. The number of piperazine rings is 1. The number of piperidine rings is 1. The standard InChI is InChI=1S/C44H47F2N9O4/c1-44(2,59)34-21-37-28(20-38(34)49-43(58)39-9-7-31-15-25(22-47)23-48-55(31)39)24-54(51-37)30-5-3-29(4-6-30)52-11-13-53(14-12-52)32-16-26(17-32)27-18-35(45)41(36(46)19-27)33-8-10-40(56)50-42(33)57/h7,9,15,18-21,23-24,26,29-30,32-33,59H,3-6,8,10-14,16-17H2,1-2H3,(H,49,58)(H,50,56,57). The van der Waals surface area contributed by atoms with Crippen LogP contribution in [0.25, 0.3) is 16.4 Å². The van der Waals surface area contributed by atoms with Gasteiger partial charge in [0.2, 0.25) is 11.8 Å². The van der Waals surface area contributed by atoms with Crippen molar-refractivity contribution in [3.8, 4) is 6.07 Å². The Morgan fingerprint density at radius 1 is 0.932 bits per heavy atom. The summed E-state index contributed by atoms with van der Waals surface area (Å²) in [5.74, 6) is -3.79. The molecule has 2 aliphatic carbocycles. The number of nitrogens with zero attached hydrogens (tertiary/aromatic N) is 7. The highest BCUT2D eigenvalue weighted by atomic mass is 19.1. The Morgan fingerprint density at radius 2 is 1.61 bits per heavy atom. The Hall–Kier alpha value is -5.56. The molecule has 3 aromatic heterocycles. The van der Waals surface area contributed by atoms with Gasteiger partial charge < -0.3 is 10.4 Å². The zero-order chi connectivity index (χ0) is 41.2. The fourth-order valence-corrected chi connectivity index (χ4v) is 9.76. The van der Waals surface area contributed by atoms with Crippen molar-refractivity contribution < 1.29 is 28.3 Å². The van der Waals surface area contributed by atoms with Gasteiger partial charge in [-0.3, -0.25) is 34.2 Å². The molecule has 59 heavy (non-hydrogen) atoms. The summed E-state index contributed by atoms with van der Waals surface area (Å²) in [5.41, 5.74) is 2.26. The number of hydrogen-bond donors (Lipinski definition) is 3. The van der Waals surface area contributed by atoms with Crippen molar-refractivity contribution in [2.45, 2.75) is 101 Å². The van der Waals surface area contributed by atoms with E-state index in [1.54, 1.807) is 32.0 Å². The average Bonchev–Trinajstić information content (AvgIpc) is 3.81. The number of carbonyl (C=O) groups is 3. The first-order valence-electron chi connectivity index (χ1n) is 20.6. The van der Waals surface area contributed by atoms with E-state index in [9.17, 15) is 24.8 Å². The first kappa shape index (κ1) is 38.9. The summed E-state index contributed by atoms with van der Waals surface area (Å²) in [6.45, 7) is 7.25. The Labute approximate surface area is 339 Å². The highest BCUT2D eigenvalue weighted by molar-refractivity contribution is 6.05. The van der Waals surface area contributed by atoms with E-state index in [0.717, 1.165) is 75.6 Å². The number of aromatic nitrogens is 4. The minimum Gasteiger partial charge on any atom is -0.386 e. The second kappa shape index (κ2) is 15.2. The summed E-state index contributed by atoms with van der Waals surface area (Å²) in [6, 6.07) is 14.7. The van der Waals surface area contributed by atoms with Crippen molar-refractivity contribution >= 4 is 39.8 Å². The van der Waals surface area contributed by atoms with Crippen LogP contribution >= 0.6 is 0 Å². The average molecular weight is 804 g/mol. The molecule has 5 heterocycles. The summed E-state index contributed by atoms with van der Waals surface area (Å²) < 4.78 is 33.9. The summed E-state index contributed by atoms with van der Waals surface area (Å²) in [7, 11) is 0. The van der Waals surface area contributed by atoms with Gasteiger partial charge in [0.25, 0.3) is 5.91 Å². The Morgan fingerprint density at radius 3 is 2.27 bits per heavy atom. The van der Waals surface area contributed by atoms with Gasteiger partial charge in [-0.1, -0.05) is 0 Å². The number of nitriles is 1. The number of benzene rings is 2. The lowest BCUT2D eigenvalue weighted by molar-refractivity contribution is -0.134. The van der Waals surface area contributed by atoms with E-state index < -0.39 is 35.0 Å². The molecule has 15 heteroatoms.